The molecule has 9 heteroatoms. The molecular formula is C23H18F3N4O2+. The number of nitrogens with zero attached hydrogens (tertiary/aromatic N) is 3. The van der Waals surface area contributed by atoms with Crippen molar-refractivity contribution < 1.29 is 27.0 Å². The van der Waals surface area contributed by atoms with E-state index in [1.165, 1.54) is 29.2 Å². The van der Waals surface area contributed by atoms with Crippen LogP contribution in [0.3, 0.4) is 0 Å². The van der Waals surface area contributed by atoms with Crippen molar-refractivity contribution in [2.75, 3.05) is 10.2 Å². The van der Waals surface area contributed by atoms with Gasteiger partial charge in [0, 0.05) is 11.8 Å². The largest absolute Gasteiger partial charge is 0.469 e. The van der Waals surface area contributed by atoms with Crippen molar-refractivity contribution >= 4 is 17.5 Å². The summed E-state index contributed by atoms with van der Waals surface area (Å²) in [6.45, 7) is 0. The number of benzene rings is 1. The van der Waals surface area contributed by atoms with Crippen LogP contribution in [0.15, 0.2) is 83.8 Å². The molecule has 0 fully saturated rings. The highest BCUT2D eigenvalue weighted by molar-refractivity contribution is 5.85. The van der Waals surface area contributed by atoms with Gasteiger partial charge in [0.05, 0.1) is 12.7 Å². The first-order chi connectivity index (χ1) is 15.4. The third-order valence-corrected chi connectivity index (χ3v) is 5.36. The summed E-state index contributed by atoms with van der Waals surface area (Å²) in [6, 6.07) is 9.88. The van der Waals surface area contributed by atoms with Gasteiger partial charge in [0.1, 0.15) is 23.7 Å². The molecule has 4 heterocycles. The summed E-state index contributed by atoms with van der Waals surface area (Å²) in [5, 5.41) is 3.06. The molecule has 1 N–H and O–H groups in total. The fourth-order valence-corrected chi connectivity index (χ4v) is 3.86. The lowest BCUT2D eigenvalue weighted by Crippen LogP contribution is -2.46. The van der Waals surface area contributed by atoms with E-state index in [0.29, 0.717) is 17.0 Å². The van der Waals surface area contributed by atoms with Crippen LogP contribution in [-0.4, -0.2) is 29.2 Å². The zero-order chi connectivity index (χ0) is 22.3. The van der Waals surface area contributed by atoms with Crippen LogP contribution in [0, 0.1) is 0 Å². The van der Waals surface area contributed by atoms with E-state index in [2.05, 4.69) is 10.3 Å². The molecule has 0 radical (unpaired) electrons. The maximum atomic E-state index is 13.8. The van der Waals surface area contributed by atoms with E-state index in [0.717, 1.165) is 11.0 Å². The maximum absolute atomic E-state index is 13.8. The first-order valence-electron chi connectivity index (χ1n) is 9.97. The van der Waals surface area contributed by atoms with Gasteiger partial charge in [0.2, 0.25) is 11.9 Å². The number of halogens is 3. The van der Waals surface area contributed by atoms with E-state index in [-0.39, 0.29) is 24.0 Å². The minimum Gasteiger partial charge on any atom is -0.469 e. The molecule has 0 amide bonds. The summed E-state index contributed by atoms with van der Waals surface area (Å²) in [6.07, 6.45) is 4.03. The van der Waals surface area contributed by atoms with Crippen molar-refractivity contribution in [1.82, 2.24) is 4.98 Å². The number of aromatic nitrogens is 2. The maximum Gasteiger partial charge on any atom is 0.412 e. The second-order valence-corrected chi connectivity index (χ2v) is 7.47. The highest BCUT2D eigenvalue weighted by atomic mass is 19.4. The van der Waals surface area contributed by atoms with E-state index >= 15 is 0 Å². The molecule has 2 aliphatic rings. The van der Waals surface area contributed by atoms with Gasteiger partial charge in [-0.05, 0) is 18.2 Å². The van der Waals surface area contributed by atoms with Gasteiger partial charge in [-0.2, -0.15) is 17.7 Å². The van der Waals surface area contributed by atoms with Crippen molar-refractivity contribution in [2.24, 2.45) is 0 Å². The van der Waals surface area contributed by atoms with Crippen LogP contribution in [0.25, 0.3) is 11.3 Å². The molecule has 0 saturated heterocycles. The Labute approximate surface area is 181 Å². The van der Waals surface area contributed by atoms with Gasteiger partial charge in [-0.1, -0.05) is 42.5 Å². The smallest absolute Gasteiger partial charge is 0.412 e. The number of furan rings is 1. The first-order valence-corrected chi connectivity index (χ1v) is 9.97. The van der Waals surface area contributed by atoms with E-state index in [1.807, 2.05) is 6.07 Å². The van der Waals surface area contributed by atoms with Crippen LogP contribution >= 0.6 is 0 Å². The number of fused-ring (bicyclic) bond motifs is 1. The van der Waals surface area contributed by atoms with Crippen LogP contribution in [0.2, 0.25) is 0 Å². The summed E-state index contributed by atoms with van der Waals surface area (Å²) in [7, 11) is 0. The molecule has 0 saturated carbocycles. The normalized spacial score (nSPS) is 19.8. The van der Waals surface area contributed by atoms with Crippen LogP contribution in [0.5, 0.6) is 0 Å². The standard InChI is InChI=1S/C23H17F3N4O2/c24-23(25,26)19-10-4-5-11-29(19)20-21-27-17(13-16-9-6-12-32-16)22(31)30(21)14-18(28-20)15-7-2-1-3-8-15/h1-12,14,17,19H,13H2/p+1. The summed E-state index contributed by atoms with van der Waals surface area (Å²) in [5.41, 5.74) is 1.08. The zero-order valence-electron chi connectivity index (χ0n) is 16.7. The number of anilines is 2. The van der Waals surface area contributed by atoms with Crippen molar-refractivity contribution in [3.05, 3.63) is 85.1 Å². The predicted octanol–water partition coefficient (Wildman–Crippen LogP) is 4.13. The van der Waals surface area contributed by atoms with E-state index in [9.17, 15) is 18.0 Å². The third kappa shape index (κ3) is 3.55. The molecule has 3 aromatic rings. The summed E-state index contributed by atoms with van der Waals surface area (Å²) in [4.78, 5) is 18.8. The number of hydrogen-bond acceptors (Lipinski definition) is 5. The van der Waals surface area contributed by atoms with Gasteiger partial charge >= 0.3 is 17.9 Å². The number of allylic oxidation sites excluding steroid dienone is 2. The number of carbonyl (C=O) groups excluding carboxylic acids is 1. The molecule has 2 aliphatic heterocycles. The minimum absolute atomic E-state index is 0.0181. The van der Waals surface area contributed by atoms with E-state index < -0.39 is 18.3 Å². The van der Waals surface area contributed by atoms with Gasteiger partial charge in [0.25, 0.3) is 0 Å². The number of alkyl halides is 3. The van der Waals surface area contributed by atoms with Crippen LogP contribution in [0.1, 0.15) is 10.6 Å². The highest BCUT2D eigenvalue weighted by Crippen LogP contribution is 2.36. The second-order valence-electron chi connectivity index (χ2n) is 7.47. The first kappa shape index (κ1) is 20.0. The minimum atomic E-state index is -4.53. The van der Waals surface area contributed by atoms with E-state index in [1.54, 1.807) is 42.6 Å². The molecule has 2 atom stereocenters. The molecule has 0 bridgehead atoms. The molecular weight excluding hydrogens is 421 g/mol. The topological polar surface area (TPSA) is 62.3 Å². The lowest BCUT2D eigenvalue weighted by Gasteiger charge is -2.30. The van der Waals surface area contributed by atoms with Crippen molar-refractivity contribution in [3.63, 3.8) is 0 Å². The third-order valence-electron chi connectivity index (χ3n) is 5.36. The van der Waals surface area contributed by atoms with Crippen molar-refractivity contribution in [1.29, 1.82) is 0 Å². The molecule has 2 aromatic heterocycles. The Bertz CT molecular complexity index is 1200. The second kappa shape index (κ2) is 7.67. The number of carbonyl (C=O) groups is 1. The SMILES string of the molecule is O=C1C(Cc2ccco2)Nc2c(N3C=CC=CC3C(F)(F)F)nc(-c3ccccc3)c[n+]21. The number of rotatable bonds is 4. The van der Waals surface area contributed by atoms with Gasteiger partial charge in [-0.25, -0.2) is 9.78 Å². The quantitative estimate of drug-likeness (QED) is 0.620. The number of nitrogens with one attached hydrogen (secondary N) is 1. The number of hydrogen-bond donors (Lipinski definition) is 1. The summed E-state index contributed by atoms with van der Waals surface area (Å²) >= 11 is 0. The van der Waals surface area contributed by atoms with Crippen molar-refractivity contribution in [3.8, 4) is 11.3 Å². The van der Waals surface area contributed by atoms with Crippen LogP contribution in [-0.2, 0) is 6.42 Å². The summed E-state index contributed by atoms with van der Waals surface area (Å²) < 4.78 is 48.1. The average molecular weight is 439 g/mol. The zero-order valence-corrected chi connectivity index (χ0v) is 16.7. The molecule has 6 nitrogen and oxygen atoms in total. The Morgan fingerprint density at radius 2 is 1.94 bits per heavy atom. The van der Waals surface area contributed by atoms with Gasteiger partial charge in [-0.15, -0.1) is 0 Å². The predicted molar refractivity (Wildman–Crippen MR) is 111 cm³/mol. The Morgan fingerprint density at radius 3 is 2.66 bits per heavy atom. The monoisotopic (exact) mass is 439 g/mol. The Balaban J connectivity index is 1.63. The Hall–Kier alpha value is -3.88. The Kier molecular flexibility index (Phi) is 4.80. The average Bonchev–Trinajstić information content (AvgIpc) is 3.42. The molecule has 162 valence electrons. The van der Waals surface area contributed by atoms with Crippen LogP contribution in [0.4, 0.5) is 24.8 Å². The molecule has 1 aromatic carbocycles. The van der Waals surface area contributed by atoms with Crippen LogP contribution < -0.4 is 14.8 Å². The fourth-order valence-electron chi connectivity index (χ4n) is 3.86. The van der Waals surface area contributed by atoms with Gasteiger partial charge in [-0.3, -0.25) is 5.32 Å². The molecule has 5 rings (SSSR count). The molecule has 32 heavy (non-hydrogen) atoms. The van der Waals surface area contributed by atoms with E-state index in [4.69, 9.17) is 4.42 Å². The van der Waals surface area contributed by atoms with Crippen molar-refractivity contribution in [2.45, 2.75) is 24.7 Å². The molecule has 2 unspecified atom stereocenters. The highest BCUT2D eigenvalue weighted by Gasteiger charge is 2.48. The molecule has 0 aliphatic carbocycles. The summed E-state index contributed by atoms with van der Waals surface area (Å²) in [5.74, 6) is 0.526. The van der Waals surface area contributed by atoms with Gasteiger partial charge in [0.15, 0.2) is 0 Å². The fraction of sp³-hybridized carbons (Fsp3) is 0.174. The van der Waals surface area contributed by atoms with Gasteiger partial charge < -0.3 is 9.32 Å². The lowest BCUT2D eigenvalue weighted by atomic mass is 10.1. The molecule has 0 spiro atoms. The Morgan fingerprint density at radius 1 is 1.12 bits per heavy atom. The lowest BCUT2D eigenvalue weighted by molar-refractivity contribution is -0.551.